The fourth-order valence-corrected chi connectivity index (χ4v) is 3.96. The van der Waals surface area contributed by atoms with Crippen LogP contribution in [0.4, 0.5) is 0 Å². The fraction of sp³-hybridized carbons (Fsp3) is 0.692. The van der Waals surface area contributed by atoms with Gasteiger partial charge in [0.15, 0.2) is 5.69 Å². The van der Waals surface area contributed by atoms with Gasteiger partial charge in [0.25, 0.3) is 5.91 Å². The van der Waals surface area contributed by atoms with Crippen LogP contribution in [-0.4, -0.2) is 29.9 Å². The second-order valence-electron chi connectivity index (χ2n) is 5.56. The molecule has 1 aliphatic rings. The third kappa shape index (κ3) is 3.97. The van der Waals surface area contributed by atoms with Crippen LogP contribution in [0.5, 0.6) is 0 Å². The number of nitrogens with one attached hydrogen (secondary N) is 1. The summed E-state index contributed by atoms with van der Waals surface area (Å²) in [5.41, 5.74) is 0.561. The monoisotopic (exact) mass is 333 g/mol. The molecule has 2 rings (SSSR count). The molecule has 1 saturated carbocycles. The van der Waals surface area contributed by atoms with Crippen LogP contribution in [0.25, 0.3) is 0 Å². The molecule has 0 atom stereocenters. The molecule has 0 spiro atoms. The molecule has 0 aliphatic heterocycles. The van der Waals surface area contributed by atoms with Crippen LogP contribution in [0.1, 0.15) is 48.3 Å². The topological polar surface area (TPSA) is 81.1 Å². The predicted octanol–water partition coefficient (Wildman–Crippen LogP) is 2.02. The van der Waals surface area contributed by atoms with E-state index in [9.17, 15) is 13.2 Å². The van der Waals surface area contributed by atoms with Gasteiger partial charge in [-0.3, -0.25) is 9.48 Å². The number of carbonyl (C=O) groups excluding carboxylic acids is 1. The van der Waals surface area contributed by atoms with E-state index in [1.807, 2.05) is 0 Å². The lowest BCUT2D eigenvalue weighted by Gasteiger charge is -2.09. The maximum atomic E-state index is 12.0. The molecule has 0 radical (unpaired) electrons. The van der Waals surface area contributed by atoms with Gasteiger partial charge in [0.2, 0.25) is 10.0 Å². The minimum absolute atomic E-state index is 0.0349. The standard InChI is InChI=1S/C13H20ClN3O3S/c1-9-11(14)12(15-17(9)2)13(18)16-21(19,20)8-7-10-5-3-4-6-10/h10H,3-8H2,1-2H3,(H,16,18). The Kier molecular flexibility index (Phi) is 4.93. The summed E-state index contributed by atoms with van der Waals surface area (Å²) >= 11 is 5.98. The highest BCUT2D eigenvalue weighted by Crippen LogP contribution is 2.27. The third-order valence-electron chi connectivity index (χ3n) is 3.99. The van der Waals surface area contributed by atoms with Crippen LogP contribution >= 0.6 is 11.6 Å². The van der Waals surface area contributed by atoms with Crippen molar-refractivity contribution in [3.63, 3.8) is 0 Å². The lowest BCUT2D eigenvalue weighted by atomic mass is 10.1. The van der Waals surface area contributed by atoms with Crippen LogP contribution in [0, 0.1) is 12.8 Å². The van der Waals surface area contributed by atoms with E-state index < -0.39 is 15.9 Å². The number of aryl methyl sites for hydroxylation is 1. The van der Waals surface area contributed by atoms with Gasteiger partial charge in [-0.25, -0.2) is 13.1 Å². The maximum Gasteiger partial charge on any atom is 0.286 e. The molecule has 118 valence electrons. The summed E-state index contributed by atoms with van der Waals surface area (Å²) in [5.74, 6) is -0.347. The Morgan fingerprint density at radius 3 is 2.57 bits per heavy atom. The summed E-state index contributed by atoms with van der Waals surface area (Å²) in [4.78, 5) is 12.0. The Morgan fingerprint density at radius 1 is 1.43 bits per heavy atom. The molecule has 0 aromatic carbocycles. The van der Waals surface area contributed by atoms with Crippen molar-refractivity contribution in [2.45, 2.75) is 39.0 Å². The average Bonchev–Trinajstić information content (AvgIpc) is 3.00. The van der Waals surface area contributed by atoms with E-state index in [0.29, 0.717) is 18.0 Å². The Hall–Kier alpha value is -1.08. The Labute approximate surface area is 129 Å². The molecule has 6 nitrogen and oxygen atoms in total. The van der Waals surface area contributed by atoms with Crippen molar-refractivity contribution < 1.29 is 13.2 Å². The molecule has 21 heavy (non-hydrogen) atoms. The van der Waals surface area contributed by atoms with E-state index in [0.717, 1.165) is 12.8 Å². The molecular weight excluding hydrogens is 314 g/mol. The second-order valence-corrected chi connectivity index (χ2v) is 7.78. The molecule has 1 aliphatic carbocycles. The molecule has 8 heteroatoms. The number of aromatic nitrogens is 2. The summed E-state index contributed by atoms with van der Waals surface area (Å²) in [5, 5.41) is 4.12. The van der Waals surface area contributed by atoms with Gasteiger partial charge in [-0.1, -0.05) is 37.3 Å². The van der Waals surface area contributed by atoms with Crippen LogP contribution < -0.4 is 4.72 Å². The first-order valence-electron chi connectivity index (χ1n) is 7.04. The average molecular weight is 334 g/mol. The van der Waals surface area contributed by atoms with E-state index in [1.165, 1.54) is 17.5 Å². The van der Waals surface area contributed by atoms with Crippen molar-refractivity contribution in [3.8, 4) is 0 Å². The third-order valence-corrected chi connectivity index (χ3v) is 5.72. The number of halogens is 1. The lowest BCUT2D eigenvalue weighted by Crippen LogP contribution is -2.33. The number of nitrogens with zero attached hydrogens (tertiary/aromatic N) is 2. The second kappa shape index (κ2) is 6.36. The molecule has 0 unspecified atom stereocenters. The Balaban J connectivity index is 1.98. The van der Waals surface area contributed by atoms with Crippen molar-refractivity contribution in [1.29, 1.82) is 0 Å². The zero-order valence-electron chi connectivity index (χ0n) is 12.2. The molecule has 0 saturated heterocycles. The highest BCUT2D eigenvalue weighted by molar-refractivity contribution is 7.90. The Morgan fingerprint density at radius 2 is 2.05 bits per heavy atom. The number of amides is 1. The van der Waals surface area contributed by atoms with Gasteiger partial charge in [-0.05, 0) is 19.3 Å². The largest absolute Gasteiger partial charge is 0.286 e. The van der Waals surface area contributed by atoms with Gasteiger partial charge < -0.3 is 0 Å². The lowest BCUT2D eigenvalue weighted by molar-refractivity contribution is 0.0976. The maximum absolute atomic E-state index is 12.0. The fourth-order valence-electron chi connectivity index (χ4n) is 2.59. The minimum Gasteiger partial charge on any atom is -0.271 e. The van der Waals surface area contributed by atoms with E-state index in [2.05, 4.69) is 9.82 Å². The van der Waals surface area contributed by atoms with Gasteiger partial charge in [-0.15, -0.1) is 0 Å². The van der Waals surface area contributed by atoms with E-state index in [4.69, 9.17) is 11.6 Å². The summed E-state index contributed by atoms with van der Waals surface area (Å²) in [6.45, 7) is 1.71. The van der Waals surface area contributed by atoms with Crippen molar-refractivity contribution in [2.24, 2.45) is 13.0 Å². The molecule has 1 heterocycles. The number of hydrogen-bond donors (Lipinski definition) is 1. The molecule has 1 aromatic rings. The molecular formula is C13H20ClN3O3S. The SMILES string of the molecule is Cc1c(Cl)c(C(=O)NS(=O)(=O)CCC2CCCC2)nn1C. The predicted molar refractivity (Wildman–Crippen MR) is 80.8 cm³/mol. The summed E-state index contributed by atoms with van der Waals surface area (Å²) in [6, 6.07) is 0. The Bertz CT molecular complexity index is 633. The van der Waals surface area contributed by atoms with Gasteiger partial charge >= 0.3 is 0 Å². The normalized spacial score (nSPS) is 16.3. The summed E-state index contributed by atoms with van der Waals surface area (Å²) in [7, 11) is -2.00. The number of sulfonamides is 1. The van der Waals surface area contributed by atoms with Gasteiger partial charge in [0.05, 0.1) is 16.5 Å². The van der Waals surface area contributed by atoms with E-state index in [1.54, 1.807) is 14.0 Å². The minimum atomic E-state index is -3.64. The zero-order chi connectivity index (χ0) is 15.6. The number of hydrogen-bond acceptors (Lipinski definition) is 4. The van der Waals surface area contributed by atoms with Crippen LogP contribution in [-0.2, 0) is 17.1 Å². The van der Waals surface area contributed by atoms with Gasteiger partial charge in [-0.2, -0.15) is 5.10 Å². The highest BCUT2D eigenvalue weighted by Gasteiger charge is 2.24. The molecule has 1 N–H and O–H groups in total. The van der Waals surface area contributed by atoms with Crippen LogP contribution in [0.3, 0.4) is 0 Å². The molecule has 1 fully saturated rings. The van der Waals surface area contributed by atoms with Crippen molar-refractivity contribution in [3.05, 3.63) is 16.4 Å². The van der Waals surface area contributed by atoms with Crippen LogP contribution in [0.2, 0.25) is 5.02 Å². The smallest absolute Gasteiger partial charge is 0.271 e. The van der Waals surface area contributed by atoms with Crippen molar-refractivity contribution in [1.82, 2.24) is 14.5 Å². The quantitative estimate of drug-likeness (QED) is 0.893. The van der Waals surface area contributed by atoms with Crippen molar-refractivity contribution >= 4 is 27.5 Å². The highest BCUT2D eigenvalue weighted by atomic mass is 35.5. The molecule has 0 bridgehead atoms. The number of carbonyl (C=O) groups is 1. The first kappa shape index (κ1) is 16.3. The van der Waals surface area contributed by atoms with Gasteiger partial charge in [0.1, 0.15) is 0 Å². The van der Waals surface area contributed by atoms with E-state index >= 15 is 0 Å². The van der Waals surface area contributed by atoms with Crippen LogP contribution in [0.15, 0.2) is 0 Å². The van der Waals surface area contributed by atoms with Gasteiger partial charge in [0, 0.05) is 7.05 Å². The first-order valence-corrected chi connectivity index (χ1v) is 9.07. The zero-order valence-corrected chi connectivity index (χ0v) is 13.8. The summed E-state index contributed by atoms with van der Waals surface area (Å²) < 4.78 is 27.4. The molecule has 1 aromatic heterocycles. The van der Waals surface area contributed by atoms with E-state index in [-0.39, 0.29) is 16.5 Å². The first-order chi connectivity index (χ1) is 9.80. The number of rotatable bonds is 5. The van der Waals surface area contributed by atoms with Crippen molar-refractivity contribution in [2.75, 3.05) is 5.75 Å². The summed E-state index contributed by atoms with van der Waals surface area (Å²) in [6.07, 6.45) is 5.08. The molecule has 1 amide bonds.